The quantitative estimate of drug-likeness (QED) is 0.656. The topological polar surface area (TPSA) is 76.1 Å². The van der Waals surface area contributed by atoms with Crippen molar-refractivity contribution in [1.82, 2.24) is 9.97 Å². The molecule has 0 aliphatic heterocycles. The molecule has 1 aromatic heterocycles. The lowest BCUT2D eigenvalue weighted by Crippen LogP contribution is -2.15. The van der Waals surface area contributed by atoms with E-state index < -0.39 is 5.91 Å². The minimum Gasteiger partial charge on any atom is -0.495 e. The lowest BCUT2D eigenvalue weighted by Gasteiger charge is -2.11. The molecule has 1 heterocycles. The monoisotopic (exact) mass is 388 g/mol. The van der Waals surface area contributed by atoms with Crippen molar-refractivity contribution in [2.24, 2.45) is 0 Å². The number of halogens is 2. The third-order valence-electron chi connectivity index (χ3n) is 3.47. The number of nitrogens with zero attached hydrogens (tertiary/aromatic N) is 2. The molecule has 3 aromatic rings. The third kappa shape index (κ3) is 4.04. The summed E-state index contributed by atoms with van der Waals surface area (Å²) in [6, 6.07) is 13.8. The second-order valence-electron chi connectivity index (χ2n) is 5.17. The number of carbonyl (C=O) groups excluding carboxylic acids is 1. The van der Waals surface area contributed by atoms with Crippen LogP contribution in [0.1, 0.15) is 10.5 Å². The van der Waals surface area contributed by atoms with Gasteiger partial charge in [-0.1, -0.05) is 41.4 Å². The molecule has 0 bridgehead atoms. The van der Waals surface area contributed by atoms with Crippen LogP contribution in [0.15, 0.2) is 54.9 Å². The lowest BCUT2D eigenvalue weighted by atomic mass is 10.2. The van der Waals surface area contributed by atoms with Gasteiger partial charge in [0.05, 0.1) is 28.5 Å². The summed E-state index contributed by atoms with van der Waals surface area (Å²) in [7, 11) is 1.53. The van der Waals surface area contributed by atoms with Gasteiger partial charge in [-0.15, -0.1) is 0 Å². The molecule has 0 atom stereocenters. The number of ether oxygens (including phenoxy) is 1. The first-order valence-corrected chi connectivity index (χ1v) is 8.31. The van der Waals surface area contributed by atoms with Crippen LogP contribution in [0, 0.1) is 0 Å². The van der Waals surface area contributed by atoms with Crippen molar-refractivity contribution >= 4 is 46.3 Å². The fraction of sp³-hybridized carbons (Fsp3) is 0.0556. The molecule has 6 nitrogen and oxygen atoms in total. The fourth-order valence-corrected chi connectivity index (χ4v) is 2.57. The molecule has 0 radical (unpaired) electrons. The van der Waals surface area contributed by atoms with E-state index in [1.807, 2.05) is 6.07 Å². The number of rotatable bonds is 5. The van der Waals surface area contributed by atoms with Crippen LogP contribution in [0.5, 0.6) is 5.75 Å². The molecular weight excluding hydrogens is 375 g/mol. The molecule has 0 saturated carbocycles. The van der Waals surface area contributed by atoms with Gasteiger partial charge < -0.3 is 15.4 Å². The summed E-state index contributed by atoms with van der Waals surface area (Å²) < 4.78 is 5.22. The average Bonchev–Trinajstić information content (AvgIpc) is 2.66. The molecule has 132 valence electrons. The summed E-state index contributed by atoms with van der Waals surface area (Å²) in [5.41, 5.74) is 1.31. The van der Waals surface area contributed by atoms with Gasteiger partial charge in [0.2, 0.25) is 0 Å². The van der Waals surface area contributed by atoms with E-state index in [2.05, 4.69) is 20.6 Å². The van der Waals surface area contributed by atoms with Gasteiger partial charge in [-0.25, -0.2) is 9.97 Å². The van der Waals surface area contributed by atoms with Crippen molar-refractivity contribution < 1.29 is 9.53 Å². The van der Waals surface area contributed by atoms with Crippen LogP contribution < -0.4 is 15.4 Å². The second kappa shape index (κ2) is 8.03. The molecular formula is C18H14Cl2N4O2. The Labute approximate surface area is 160 Å². The van der Waals surface area contributed by atoms with Crippen molar-refractivity contribution in [3.8, 4) is 5.75 Å². The molecule has 1 amide bonds. The van der Waals surface area contributed by atoms with Crippen LogP contribution in [0.4, 0.5) is 17.2 Å². The van der Waals surface area contributed by atoms with Gasteiger partial charge in [0.25, 0.3) is 5.91 Å². The number of para-hydroxylation sites is 2. The maximum atomic E-state index is 12.5. The Kier molecular flexibility index (Phi) is 5.55. The largest absolute Gasteiger partial charge is 0.495 e. The summed E-state index contributed by atoms with van der Waals surface area (Å²) in [6.07, 6.45) is 1.29. The van der Waals surface area contributed by atoms with Crippen molar-refractivity contribution in [1.29, 1.82) is 0 Å². The normalized spacial score (nSPS) is 10.3. The maximum absolute atomic E-state index is 12.5. The molecule has 3 rings (SSSR count). The van der Waals surface area contributed by atoms with E-state index in [1.165, 1.54) is 19.5 Å². The predicted molar refractivity (Wildman–Crippen MR) is 103 cm³/mol. The summed E-state index contributed by atoms with van der Waals surface area (Å²) in [5, 5.41) is 6.57. The van der Waals surface area contributed by atoms with Gasteiger partial charge in [0.15, 0.2) is 0 Å². The number of benzene rings is 2. The zero-order chi connectivity index (χ0) is 18.5. The van der Waals surface area contributed by atoms with Crippen LogP contribution in [0.3, 0.4) is 0 Å². The Morgan fingerprint density at radius 1 is 1.04 bits per heavy atom. The van der Waals surface area contributed by atoms with Crippen LogP contribution in [-0.2, 0) is 0 Å². The van der Waals surface area contributed by atoms with Crippen molar-refractivity contribution in [3.63, 3.8) is 0 Å². The Balaban J connectivity index is 1.80. The smallest absolute Gasteiger partial charge is 0.274 e. The van der Waals surface area contributed by atoms with Gasteiger partial charge >= 0.3 is 0 Å². The van der Waals surface area contributed by atoms with E-state index in [1.54, 1.807) is 36.4 Å². The maximum Gasteiger partial charge on any atom is 0.274 e. The molecule has 0 fully saturated rings. The third-order valence-corrected chi connectivity index (χ3v) is 4.29. The number of hydrogen-bond acceptors (Lipinski definition) is 5. The first kappa shape index (κ1) is 18.0. The Bertz CT molecular complexity index is 950. The Morgan fingerprint density at radius 3 is 2.62 bits per heavy atom. The molecule has 0 aliphatic rings. The number of methoxy groups -OCH3 is 1. The van der Waals surface area contributed by atoms with Gasteiger partial charge in [0, 0.05) is 6.07 Å². The van der Waals surface area contributed by atoms with E-state index in [4.69, 9.17) is 27.9 Å². The van der Waals surface area contributed by atoms with Crippen LogP contribution in [0.2, 0.25) is 10.0 Å². The standard InChI is InChI=1S/C18H14Cl2N4O2/c1-26-15-8-3-2-6-12(15)24-18(25)14-9-16(22-10-21-14)23-13-7-4-5-11(19)17(13)20/h2-10H,1H3,(H,24,25)(H,21,22,23). The average molecular weight is 389 g/mol. The van der Waals surface area contributed by atoms with Gasteiger partial charge in [-0.2, -0.15) is 0 Å². The molecule has 0 unspecified atom stereocenters. The number of aromatic nitrogens is 2. The number of anilines is 3. The van der Waals surface area contributed by atoms with Crippen LogP contribution >= 0.6 is 23.2 Å². The lowest BCUT2D eigenvalue weighted by molar-refractivity contribution is 0.102. The number of nitrogens with one attached hydrogen (secondary N) is 2. The van der Waals surface area contributed by atoms with E-state index in [0.717, 1.165) is 0 Å². The Morgan fingerprint density at radius 2 is 1.81 bits per heavy atom. The van der Waals surface area contributed by atoms with Crippen molar-refractivity contribution in [3.05, 3.63) is 70.6 Å². The fourth-order valence-electron chi connectivity index (χ4n) is 2.22. The van der Waals surface area contributed by atoms with E-state index >= 15 is 0 Å². The predicted octanol–water partition coefficient (Wildman–Crippen LogP) is 4.79. The highest BCUT2D eigenvalue weighted by atomic mass is 35.5. The molecule has 0 spiro atoms. The SMILES string of the molecule is COc1ccccc1NC(=O)c1cc(Nc2cccc(Cl)c2Cl)ncn1. The summed E-state index contributed by atoms with van der Waals surface area (Å²) in [5.74, 6) is 0.574. The first-order chi connectivity index (χ1) is 12.6. The van der Waals surface area contributed by atoms with Gasteiger partial charge in [-0.05, 0) is 24.3 Å². The highest BCUT2D eigenvalue weighted by Crippen LogP contribution is 2.31. The summed E-state index contributed by atoms with van der Waals surface area (Å²) >= 11 is 12.2. The number of hydrogen-bond donors (Lipinski definition) is 2. The summed E-state index contributed by atoms with van der Waals surface area (Å²) in [4.78, 5) is 20.6. The van der Waals surface area contributed by atoms with Crippen molar-refractivity contribution in [2.45, 2.75) is 0 Å². The molecule has 2 N–H and O–H groups in total. The number of carbonyl (C=O) groups is 1. The second-order valence-corrected chi connectivity index (χ2v) is 5.95. The zero-order valence-corrected chi connectivity index (χ0v) is 15.2. The van der Waals surface area contributed by atoms with Gasteiger partial charge in [-0.3, -0.25) is 4.79 Å². The summed E-state index contributed by atoms with van der Waals surface area (Å²) in [6.45, 7) is 0. The minimum absolute atomic E-state index is 0.187. The molecule has 0 aliphatic carbocycles. The van der Waals surface area contributed by atoms with E-state index in [9.17, 15) is 4.79 Å². The number of amides is 1. The highest BCUT2D eigenvalue weighted by Gasteiger charge is 2.12. The van der Waals surface area contributed by atoms with E-state index in [0.29, 0.717) is 33.0 Å². The molecule has 0 saturated heterocycles. The zero-order valence-electron chi connectivity index (χ0n) is 13.7. The van der Waals surface area contributed by atoms with Crippen LogP contribution in [0.25, 0.3) is 0 Å². The van der Waals surface area contributed by atoms with Crippen LogP contribution in [-0.4, -0.2) is 23.0 Å². The molecule has 26 heavy (non-hydrogen) atoms. The molecule has 8 heteroatoms. The first-order valence-electron chi connectivity index (χ1n) is 7.56. The highest BCUT2D eigenvalue weighted by molar-refractivity contribution is 6.43. The van der Waals surface area contributed by atoms with Crippen molar-refractivity contribution in [2.75, 3.05) is 17.7 Å². The molecule has 2 aromatic carbocycles. The van der Waals surface area contributed by atoms with Gasteiger partial charge in [0.1, 0.15) is 23.6 Å². The Hall–Kier alpha value is -2.83. The minimum atomic E-state index is -0.392. The van der Waals surface area contributed by atoms with E-state index in [-0.39, 0.29) is 5.69 Å².